The molecule has 3 heteroatoms. The lowest BCUT2D eigenvalue weighted by atomic mass is 10.1. The van der Waals surface area contributed by atoms with Crippen LogP contribution in [0.25, 0.3) is 10.8 Å². The van der Waals surface area contributed by atoms with E-state index in [-0.39, 0.29) is 0 Å². The molecule has 0 unspecified atom stereocenters. The molecular weight excluding hydrogens is 200 g/mol. The number of anilines is 1. The minimum absolute atomic E-state index is 0.567. The van der Waals surface area contributed by atoms with Crippen LogP contribution in [0, 0.1) is 0 Å². The molecule has 0 aliphatic carbocycles. The molecular formula is C13H16N2O. The summed E-state index contributed by atoms with van der Waals surface area (Å²) in [7, 11) is 0. The Morgan fingerprint density at radius 1 is 1.31 bits per heavy atom. The lowest BCUT2D eigenvalue weighted by Gasteiger charge is -2.07. The zero-order valence-corrected chi connectivity index (χ0v) is 9.44. The summed E-state index contributed by atoms with van der Waals surface area (Å²) < 4.78 is 5.63. The lowest BCUT2D eigenvalue weighted by molar-refractivity contribution is 0.310. The number of fused-ring (bicyclic) bond motifs is 1. The van der Waals surface area contributed by atoms with E-state index in [2.05, 4.69) is 11.9 Å². The van der Waals surface area contributed by atoms with E-state index in [9.17, 15) is 0 Å². The maximum absolute atomic E-state index is 5.78. The van der Waals surface area contributed by atoms with Crippen molar-refractivity contribution in [2.24, 2.45) is 0 Å². The molecule has 0 aliphatic heterocycles. The van der Waals surface area contributed by atoms with E-state index in [1.54, 1.807) is 6.20 Å². The van der Waals surface area contributed by atoms with Crippen molar-refractivity contribution in [3.8, 4) is 5.75 Å². The van der Waals surface area contributed by atoms with Gasteiger partial charge in [0.2, 0.25) is 0 Å². The van der Waals surface area contributed by atoms with Gasteiger partial charge in [0, 0.05) is 11.6 Å². The van der Waals surface area contributed by atoms with Gasteiger partial charge in [-0.15, -0.1) is 0 Å². The van der Waals surface area contributed by atoms with E-state index in [1.807, 2.05) is 24.3 Å². The number of nitrogens with zero attached hydrogens (tertiary/aromatic N) is 1. The van der Waals surface area contributed by atoms with Gasteiger partial charge in [0.15, 0.2) is 0 Å². The Morgan fingerprint density at radius 3 is 3.00 bits per heavy atom. The molecule has 1 aromatic carbocycles. The molecule has 0 radical (unpaired) electrons. The molecule has 2 rings (SSSR count). The number of rotatable bonds is 4. The number of hydrogen-bond donors (Lipinski definition) is 1. The van der Waals surface area contributed by atoms with Gasteiger partial charge in [0.05, 0.1) is 6.61 Å². The number of hydrogen-bond acceptors (Lipinski definition) is 3. The third kappa shape index (κ3) is 2.24. The van der Waals surface area contributed by atoms with Crippen molar-refractivity contribution in [2.45, 2.75) is 19.8 Å². The summed E-state index contributed by atoms with van der Waals surface area (Å²) in [5, 5.41) is 2.05. The molecule has 1 heterocycles. The molecule has 1 aromatic heterocycles. The van der Waals surface area contributed by atoms with Crippen molar-refractivity contribution in [2.75, 3.05) is 12.3 Å². The molecule has 2 N–H and O–H groups in total. The maximum Gasteiger partial charge on any atom is 0.131 e. The van der Waals surface area contributed by atoms with E-state index in [4.69, 9.17) is 10.5 Å². The highest BCUT2D eigenvalue weighted by Gasteiger charge is 2.00. The van der Waals surface area contributed by atoms with Crippen molar-refractivity contribution in [1.82, 2.24) is 4.98 Å². The second-order valence-corrected chi connectivity index (χ2v) is 3.78. The Hall–Kier alpha value is -1.77. The smallest absolute Gasteiger partial charge is 0.131 e. The molecule has 84 valence electrons. The Morgan fingerprint density at radius 2 is 2.19 bits per heavy atom. The molecule has 0 aliphatic rings. The fourth-order valence-electron chi connectivity index (χ4n) is 1.60. The molecule has 0 fully saturated rings. The third-order valence-corrected chi connectivity index (χ3v) is 2.53. The third-order valence-electron chi connectivity index (χ3n) is 2.53. The molecule has 0 saturated heterocycles. The van der Waals surface area contributed by atoms with Crippen LogP contribution in [0.5, 0.6) is 5.75 Å². The summed E-state index contributed by atoms with van der Waals surface area (Å²) in [5.41, 5.74) is 5.78. The Bertz CT molecular complexity index is 482. The van der Waals surface area contributed by atoms with Crippen LogP contribution in [0.15, 0.2) is 30.5 Å². The predicted molar refractivity (Wildman–Crippen MR) is 66.6 cm³/mol. The molecule has 0 amide bonds. The number of ether oxygens (including phenoxy) is 1. The molecule has 16 heavy (non-hydrogen) atoms. The largest absolute Gasteiger partial charge is 0.494 e. The minimum atomic E-state index is 0.567. The van der Waals surface area contributed by atoms with Gasteiger partial charge in [-0.3, -0.25) is 0 Å². The highest BCUT2D eigenvalue weighted by molar-refractivity contribution is 5.91. The molecule has 0 bridgehead atoms. The summed E-state index contributed by atoms with van der Waals surface area (Å²) >= 11 is 0. The van der Waals surface area contributed by atoms with Crippen molar-refractivity contribution in [1.29, 1.82) is 0 Å². The molecule has 0 spiro atoms. The van der Waals surface area contributed by atoms with E-state index in [0.29, 0.717) is 5.82 Å². The van der Waals surface area contributed by atoms with Crippen LogP contribution in [0.3, 0.4) is 0 Å². The number of aromatic nitrogens is 1. The van der Waals surface area contributed by atoms with E-state index >= 15 is 0 Å². The summed E-state index contributed by atoms with van der Waals surface area (Å²) in [4.78, 5) is 4.05. The van der Waals surface area contributed by atoms with Gasteiger partial charge < -0.3 is 10.5 Å². The first kappa shape index (κ1) is 10.7. The van der Waals surface area contributed by atoms with Crippen molar-refractivity contribution in [3.63, 3.8) is 0 Å². The fraction of sp³-hybridized carbons (Fsp3) is 0.308. The maximum atomic E-state index is 5.78. The molecule has 0 saturated carbocycles. The van der Waals surface area contributed by atoms with E-state index < -0.39 is 0 Å². The van der Waals surface area contributed by atoms with Gasteiger partial charge >= 0.3 is 0 Å². The first-order chi connectivity index (χ1) is 7.81. The van der Waals surface area contributed by atoms with Gasteiger partial charge in [0.25, 0.3) is 0 Å². The SMILES string of the molecule is CCCCOc1ccc2c(N)nccc2c1. The average molecular weight is 216 g/mol. The van der Waals surface area contributed by atoms with Crippen LogP contribution in [0.4, 0.5) is 5.82 Å². The zero-order chi connectivity index (χ0) is 11.4. The first-order valence-corrected chi connectivity index (χ1v) is 5.58. The minimum Gasteiger partial charge on any atom is -0.494 e. The summed E-state index contributed by atoms with van der Waals surface area (Å²) in [6.07, 6.45) is 3.94. The van der Waals surface area contributed by atoms with Gasteiger partial charge in [-0.05, 0) is 36.1 Å². The normalized spacial score (nSPS) is 10.6. The highest BCUT2D eigenvalue weighted by Crippen LogP contribution is 2.23. The van der Waals surface area contributed by atoms with Crippen molar-refractivity contribution in [3.05, 3.63) is 30.5 Å². The molecule has 3 nitrogen and oxygen atoms in total. The van der Waals surface area contributed by atoms with Crippen molar-refractivity contribution < 1.29 is 4.74 Å². The number of nitrogens with two attached hydrogens (primary N) is 1. The topological polar surface area (TPSA) is 48.1 Å². The van der Waals surface area contributed by atoms with Crippen LogP contribution in [0.2, 0.25) is 0 Å². The monoisotopic (exact) mass is 216 g/mol. The van der Waals surface area contributed by atoms with E-state index in [1.165, 1.54) is 0 Å². The number of nitrogen functional groups attached to an aromatic ring is 1. The molecule has 2 aromatic rings. The summed E-state index contributed by atoms with van der Waals surface area (Å²) in [6.45, 7) is 2.92. The van der Waals surface area contributed by atoms with Crippen LogP contribution in [-0.2, 0) is 0 Å². The fourth-order valence-corrected chi connectivity index (χ4v) is 1.60. The first-order valence-electron chi connectivity index (χ1n) is 5.58. The van der Waals surface area contributed by atoms with Gasteiger partial charge in [0.1, 0.15) is 11.6 Å². The molecule has 0 atom stereocenters. The van der Waals surface area contributed by atoms with Crippen LogP contribution in [-0.4, -0.2) is 11.6 Å². The number of unbranched alkanes of at least 4 members (excludes halogenated alkanes) is 1. The van der Waals surface area contributed by atoms with Crippen molar-refractivity contribution >= 4 is 16.6 Å². The van der Waals surface area contributed by atoms with Crippen LogP contribution < -0.4 is 10.5 Å². The summed E-state index contributed by atoms with van der Waals surface area (Å²) in [5.74, 6) is 1.46. The van der Waals surface area contributed by atoms with Gasteiger partial charge in [-0.1, -0.05) is 13.3 Å². The average Bonchev–Trinajstić information content (AvgIpc) is 2.30. The Labute approximate surface area is 95.2 Å². The van der Waals surface area contributed by atoms with Gasteiger partial charge in [-0.2, -0.15) is 0 Å². The predicted octanol–water partition coefficient (Wildman–Crippen LogP) is 3.00. The standard InChI is InChI=1S/C13H16N2O/c1-2-3-8-16-11-4-5-12-10(9-11)6-7-15-13(12)14/h4-7,9H,2-3,8H2,1H3,(H2,14,15). The second kappa shape index (κ2) is 4.84. The van der Waals surface area contributed by atoms with Gasteiger partial charge in [-0.25, -0.2) is 4.98 Å². The van der Waals surface area contributed by atoms with E-state index in [0.717, 1.165) is 36.0 Å². The highest BCUT2D eigenvalue weighted by atomic mass is 16.5. The summed E-state index contributed by atoms with van der Waals surface area (Å²) in [6, 6.07) is 7.84. The Balaban J connectivity index is 2.23. The lowest BCUT2D eigenvalue weighted by Crippen LogP contribution is -1.96. The quantitative estimate of drug-likeness (QED) is 0.799. The van der Waals surface area contributed by atoms with Crippen LogP contribution >= 0.6 is 0 Å². The number of benzene rings is 1. The zero-order valence-electron chi connectivity index (χ0n) is 9.44. The van der Waals surface area contributed by atoms with Crippen LogP contribution in [0.1, 0.15) is 19.8 Å². The second-order valence-electron chi connectivity index (χ2n) is 3.78. The number of pyridine rings is 1. The Kier molecular flexibility index (Phi) is 3.25.